The Morgan fingerprint density at radius 1 is 1.08 bits per heavy atom. The van der Waals surface area contributed by atoms with Crippen molar-refractivity contribution in [3.63, 3.8) is 0 Å². The second-order valence-corrected chi connectivity index (χ2v) is 8.08. The van der Waals surface area contributed by atoms with Gasteiger partial charge >= 0.3 is 6.09 Å². The molecule has 0 spiro atoms. The molecule has 1 heterocycles. The average Bonchev–Trinajstić information content (AvgIpc) is 2.75. The van der Waals surface area contributed by atoms with Crippen LogP contribution in [0.2, 0.25) is 0 Å². The van der Waals surface area contributed by atoms with Crippen molar-refractivity contribution in [2.24, 2.45) is 0 Å². The van der Waals surface area contributed by atoms with Crippen LogP contribution in [0.15, 0.2) is 53.4 Å². The minimum atomic E-state index is -0.467. The molecule has 1 amide bonds. The molecule has 0 radical (unpaired) electrons. The van der Waals surface area contributed by atoms with Crippen molar-refractivity contribution >= 4 is 17.9 Å². The smallest absolute Gasteiger partial charge is 0.410 e. The molecule has 0 aliphatic carbocycles. The summed E-state index contributed by atoms with van der Waals surface area (Å²) in [4.78, 5) is 15.5. The maximum atomic E-state index is 12.4. The molecule has 126 valence electrons. The Hall–Kier alpha value is -1.94. The van der Waals surface area contributed by atoms with Crippen LogP contribution in [0.25, 0.3) is 11.1 Å². The van der Waals surface area contributed by atoms with Crippen molar-refractivity contribution in [2.75, 3.05) is 12.3 Å². The molecule has 0 fully saturated rings. The quantitative estimate of drug-likeness (QED) is 0.714. The minimum Gasteiger partial charge on any atom is -0.444 e. The van der Waals surface area contributed by atoms with Gasteiger partial charge in [-0.25, -0.2) is 4.79 Å². The summed E-state index contributed by atoms with van der Waals surface area (Å²) in [5.41, 5.74) is 3.09. The molecule has 1 aliphatic rings. The Balaban J connectivity index is 1.85. The number of benzene rings is 2. The fourth-order valence-corrected chi connectivity index (χ4v) is 3.69. The van der Waals surface area contributed by atoms with Crippen LogP contribution in [-0.2, 0) is 11.3 Å². The molecule has 0 aromatic heterocycles. The lowest BCUT2D eigenvalue weighted by atomic mass is 10.0. The summed E-state index contributed by atoms with van der Waals surface area (Å²) in [5.74, 6) is 0.886. The summed E-state index contributed by atoms with van der Waals surface area (Å²) < 4.78 is 5.54. The molecule has 0 atom stereocenters. The van der Waals surface area contributed by atoms with Crippen molar-refractivity contribution in [3.8, 4) is 11.1 Å². The normalized spacial score (nSPS) is 14.7. The second kappa shape index (κ2) is 6.89. The number of ether oxygens (including phenoxy) is 1. The third-order valence-corrected chi connectivity index (χ3v) is 4.90. The maximum Gasteiger partial charge on any atom is 0.410 e. The van der Waals surface area contributed by atoms with Gasteiger partial charge in [-0.1, -0.05) is 36.4 Å². The first-order chi connectivity index (χ1) is 11.4. The SMILES string of the molecule is CC(C)(C)OC(=O)N1CCSc2ccc(-c3ccccc3)cc2C1. The molecule has 0 unspecified atom stereocenters. The van der Waals surface area contributed by atoms with Crippen LogP contribution < -0.4 is 0 Å². The second-order valence-electron chi connectivity index (χ2n) is 6.94. The monoisotopic (exact) mass is 341 g/mol. The van der Waals surface area contributed by atoms with Gasteiger partial charge in [-0.05, 0) is 49.6 Å². The van der Waals surface area contributed by atoms with Gasteiger partial charge in [0.15, 0.2) is 0 Å². The Morgan fingerprint density at radius 3 is 2.54 bits per heavy atom. The van der Waals surface area contributed by atoms with E-state index in [0.29, 0.717) is 13.1 Å². The van der Waals surface area contributed by atoms with Crippen molar-refractivity contribution in [3.05, 3.63) is 54.1 Å². The molecule has 24 heavy (non-hydrogen) atoms. The minimum absolute atomic E-state index is 0.235. The van der Waals surface area contributed by atoms with Crippen LogP contribution in [0.3, 0.4) is 0 Å². The van der Waals surface area contributed by atoms with E-state index in [1.54, 1.807) is 16.7 Å². The highest BCUT2D eigenvalue weighted by molar-refractivity contribution is 7.99. The molecule has 0 saturated carbocycles. The van der Waals surface area contributed by atoms with E-state index in [1.807, 2.05) is 39.0 Å². The Bertz CT molecular complexity index is 722. The van der Waals surface area contributed by atoms with E-state index in [9.17, 15) is 4.79 Å². The lowest BCUT2D eigenvalue weighted by Crippen LogP contribution is -2.37. The first-order valence-electron chi connectivity index (χ1n) is 8.21. The summed E-state index contributed by atoms with van der Waals surface area (Å²) in [6.07, 6.45) is -0.235. The van der Waals surface area contributed by atoms with Crippen molar-refractivity contribution in [1.82, 2.24) is 4.90 Å². The molecule has 1 aliphatic heterocycles. The lowest BCUT2D eigenvalue weighted by Gasteiger charge is -2.26. The highest BCUT2D eigenvalue weighted by atomic mass is 32.2. The topological polar surface area (TPSA) is 29.5 Å². The summed E-state index contributed by atoms with van der Waals surface area (Å²) in [6, 6.07) is 16.8. The third-order valence-electron chi connectivity index (χ3n) is 3.80. The molecule has 2 aromatic rings. The summed E-state index contributed by atoms with van der Waals surface area (Å²) in [6.45, 7) is 7.00. The third kappa shape index (κ3) is 4.12. The van der Waals surface area contributed by atoms with E-state index in [4.69, 9.17) is 4.74 Å². The van der Waals surface area contributed by atoms with Crippen molar-refractivity contribution in [1.29, 1.82) is 0 Å². The Kier molecular flexibility index (Phi) is 4.86. The number of carbonyl (C=O) groups excluding carboxylic acids is 1. The standard InChI is InChI=1S/C20H23NO2S/c1-20(2,3)23-19(22)21-11-12-24-18-10-9-16(13-17(18)14-21)15-7-5-4-6-8-15/h4-10,13H,11-12,14H2,1-3H3. The van der Waals surface area contributed by atoms with Gasteiger partial charge in [0, 0.05) is 17.2 Å². The molecule has 2 aromatic carbocycles. The number of rotatable bonds is 1. The number of hydrogen-bond acceptors (Lipinski definition) is 3. The number of nitrogens with zero attached hydrogens (tertiary/aromatic N) is 1. The van der Waals surface area contributed by atoms with Gasteiger partial charge in [0.05, 0.1) is 6.54 Å². The zero-order chi connectivity index (χ0) is 17.2. The number of fused-ring (bicyclic) bond motifs is 1. The molecular formula is C20H23NO2S. The van der Waals surface area contributed by atoms with Crippen molar-refractivity contribution in [2.45, 2.75) is 37.8 Å². The molecule has 4 heteroatoms. The van der Waals surface area contributed by atoms with Gasteiger partial charge in [0.2, 0.25) is 0 Å². The highest BCUT2D eigenvalue weighted by Gasteiger charge is 2.24. The van der Waals surface area contributed by atoms with Gasteiger partial charge in [0.1, 0.15) is 5.60 Å². The first kappa shape index (κ1) is 16.9. The van der Waals surface area contributed by atoms with Crippen LogP contribution in [0.4, 0.5) is 4.79 Å². The van der Waals surface area contributed by atoms with Crippen LogP contribution in [0, 0.1) is 0 Å². The zero-order valence-electron chi connectivity index (χ0n) is 14.4. The van der Waals surface area contributed by atoms with Crippen LogP contribution in [0.1, 0.15) is 26.3 Å². The molecule has 0 bridgehead atoms. The van der Waals surface area contributed by atoms with Gasteiger partial charge in [-0.15, -0.1) is 11.8 Å². The van der Waals surface area contributed by atoms with E-state index in [2.05, 4.69) is 30.3 Å². The number of thioether (sulfide) groups is 1. The lowest BCUT2D eigenvalue weighted by molar-refractivity contribution is 0.0247. The van der Waals surface area contributed by atoms with Gasteiger partial charge < -0.3 is 9.64 Å². The largest absolute Gasteiger partial charge is 0.444 e. The molecule has 0 saturated heterocycles. The zero-order valence-corrected chi connectivity index (χ0v) is 15.2. The van der Waals surface area contributed by atoms with Crippen LogP contribution in [0.5, 0.6) is 0 Å². The van der Waals surface area contributed by atoms with Gasteiger partial charge in [-0.3, -0.25) is 0 Å². The highest BCUT2D eigenvalue weighted by Crippen LogP contribution is 2.32. The summed E-state index contributed by atoms with van der Waals surface area (Å²) >= 11 is 1.80. The summed E-state index contributed by atoms with van der Waals surface area (Å²) in [5, 5.41) is 0. The van der Waals surface area contributed by atoms with E-state index < -0.39 is 5.60 Å². The number of hydrogen-bond donors (Lipinski definition) is 0. The Morgan fingerprint density at radius 2 is 1.83 bits per heavy atom. The predicted octanol–water partition coefficient (Wildman–Crippen LogP) is 5.20. The summed E-state index contributed by atoms with van der Waals surface area (Å²) in [7, 11) is 0. The predicted molar refractivity (Wildman–Crippen MR) is 99.2 cm³/mol. The molecule has 0 N–H and O–H groups in total. The van der Waals surface area contributed by atoms with E-state index in [1.165, 1.54) is 21.6 Å². The molecular weight excluding hydrogens is 318 g/mol. The number of carbonyl (C=O) groups is 1. The van der Waals surface area contributed by atoms with E-state index >= 15 is 0 Å². The van der Waals surface area contributed by atoms with Gasteiger partial charge in [0.25, 0.3) is 0 Å². The maximum absolute atomic E-state index is 12.4. The van der Waals surface area contributed by atoms with Crippen LogP contribution >= 0.6 is 11.8 Å². The Labute approximate surface area is 148 Å². The first-order valence-corrected chi connectivity index (χ1v) is 9.20. The fraction of sp³-hybridized carbons (Fsp3) is 0.350. The van der Waals surface area contributed by atoms with E-state index in [-0.39, 0.29) is 6.09 Å². The molecule has 3 nitrogen and oxygen atoms in total. The van der Waals surface area contributed by atoms with Crippen LogP contribution in [-0.4, -0.2) is 28.9 Å². The van der Waals surface area contributed by atoms with E-state index in [0.717, 1.165) is 5.75 Å². The molecule has 3 rings (SSSR count). The average molecular weight is 341 g/mol. The van der Waals surface area contributed by atoms with Gasteiger partial charge in [-0.2, -0.15) is 0 Å². The van der Waals surface area contributed by atoms with Crippen molar-refractivity contribution < 1.29 is 9.53 Å². The fourth-order valence-electron chi connectivity index (χ4n) is 2.69. The number of amides is 1.